The van der Waals surface area contributed by atoms with E-state index < -0.39 is 5.82 Å². The molecular weight excluding hydrogens is 205 g/mol. The number of anilines is 1. The molecule has 0 saturated heterocycles. The van der Waals surface area contributed by atoms with Crippen LogP contribution >= 0.6 is 11.6 Å². The molecule has 0 saturated carbocycles. The molecule has 0 aliphatic heterocycles. The Labute approximate surface area is 86.8 Å². The number of guanidine groups is 1. The highest BCUT2D eigenvalue weighted by molar-refractivity contribution is 6.31. The standard InChI is InChI=1S/C9H11ClFN3/c1-2-13-9(12)14-7-5-3-4-6(10)8(7)11/h3-5H,2H2,1H3,(H3,12,13,14). The van der Waals surface area contributed by atoms with E-state index in [1.54, 1.807) is 12.1 Å². The van der Waals surface area contributed by atoms with E-state index in [0.29, 0.717) is 6.54 Å². The lowest BCUT2D eigenvalue weighted by Gasteiger charge is -2.06. The number of nitrogens with two attached hydrogens (primary N) is 1. The first-order valence-corrected chi connectivity index (χ1v) is 4.54. The summed E-state index contributed by atoms with van der Waals surface area (Å²) in [6, 6.07) is 4.64. The Kier molecular flexibility index (Phi) is 3.71. The fraction of sp³-hybridized carbons (Fsp3) is 0.222. The number of rotatable bonds is 2. The van der Waals surface area contributed by atoms with Crippen LogP contribution in [-0.2, 0) is 0 Å². The van der Waals surface area contributed by atoms with E-state index in [-0.39, 0.29) is 16.7 Å². The average molecular weight is 216 g/mol. The highest BCUT2D eigenvalue weighted by atomic mass is 35.5. The van der Waals surface area contributed by atoms with Gasteiger partial charge < -0.3 is 11.1 Å². The third-order valence-electron chi connectivity index (χ3n) is 1.54. The van der Waals surface area contributed by atoms with Crippen molar-refractivity contribution in [1.29, 1.82) is 0 Å². The molecule has 0 heterocycles. The maximum Gasteiger partial charge on any atom is 0.193 e. The average Bonchev–Trinajstić information content (AvgIpc) is 2.13. The Morgan fingerprint density at radius 3 is 3.00 bits per heavy atom. The molecule has 0 radical (unpaired) electrons. The topological polar surface area (TPSA) is 50.4 Å². The lowest BCUT2D eigenvalue weighted by molar-refractivity contribution is 0.632. The van der Waals surface area contributed by atoms with Gasteiger partial charge >= 0.3 is 0 Å². The summed E-state index contributed by atoms with van der Waals surface area (Å²) in [6.07, 6.45) is 0. The van der Waals surface area contributed by atoms with Crippen LogP contribution in [0.15, 0.2) is 23.2 Å². The lowest BCUT2D eigenvalue weighted by Crippen LogP contribution is -2.23. The van der Waals surface area contributed by atoms with Crippen LogP contribution in [0.3, 0.4) is 0 Å². The minimum Gasteiger partial charge on any atom is -0.370 e. The van der Waals surface area contributed by atoms with Gasteiger partial charge in [-0.1, -0.05) is 17.7 Å². The SMILES string of the molecule is CCN=C(N)Nc1cccc(Cl)c1F. The summed E-state index contributed by atoms with van der Waals surface area (Å²) in [5.74, 6) is -0.350. The minimum atomic E-state index is -0.525. The summed E-state index contributed by atoms with van der Waals surface area (Å²) in [5, 5.41) is 2.68. The molecule has 0 aliphatic rings. The van der Waals surface area contributed by atoms with E-state index in [0.717, 1.165) is 0 Å². The first-order chi connectivity index (χ1) is 6.65. The van der Waals surface area contributed by atoms with Crippen LogP contribution < -0.4 is 11.1 Å². The first kappa shape index (κ1) is 10.8. The molecule has 1 aromatic rings. The van der Waals surface area contributed by atoms with Crippen molar-refractivity contribution in [3.63, 3.8) is 0 Å². The molecule has 0 spiro atoms. The summed E-state index contributed by atoms with van der Waals surface area (Å²) in [7, 11) is 0. The first-order valence-electron chi connectivity index (χ1n) is 4.16. The smallest absolute Gasteiger partial charge is 0.193 e. The Morgan fingerprint density at radius 1 is 1.64 bits per heavy atom. The molecule has 3 nitrogen and oxygen atoms in total. The Bertz CT molecular complexity index is 352. The Balaban J connectivity index is 2.87. The highest BCUT2D eigenvalue weighted by Gasteiger charge is 2.05. The normalized spacial score (nSPS) is 11.5. The van der Waals surface area contributed by atoms with Crippen LogP contribution in [0, 0.1) is 5.82 Å². The van der Waals surface area contributed by atoms with Crippen molar-refractivity contribution in [3.05, 3.63) is 29.0 Å². The number of nitrogens with one attached hydrogen (secondary N) is 1. The number of hydrogen-bond acceptors (Lipinski definition) is 1. The predicted molar refractivity (Wildman–Crippen MR) is 57.2 cm³/mol. The van der Waals surface area contributed by atoms with Crippen LogP contribution in [-0.4, -0.2) is 12.5 Å². The third-order valence-corrected chi connectivity index (χ3v) is 1.83. The largest absolute Gasteiger partial charge is 0.370 e. The molecular formula is C9H11ClFN3. The van der Waals surface area contributed by atoms with Crippen LogP contribution in [0.2, 0.25) is 5.02 Å². The zero-order chi connectivity index (χ0) is 10.6. The molecule has 0 aliphatic carbocycles. The van der Waals surface area contributed by atoms with Gasteiger partial charge in [0.1, 0.15) is 0 Å². The second kappa shape index (κ2) is 4.81. The summed E-state index contributed by atoms with van der Waals surface area (Å²) in [5.41, 5.74) is 5.69. The molecule has 0 aromatic heterocycles. The molecule has 0 bridgehead atoms. The van der Waals surface area contributed by atoms with Gasteiger partial charge in [-0.15, -0.1) is 0 Å². The van der Waals surface area contributed by atoms with Crippen LogP contribution in [0.25, 0.3) is 0 Å². The number of aliphatic imine (C=N–C) groups is 1. The number of nitrogens with zero attached hydrogens (tertiary/aromatic N) is 1. The molecule has 5 heteroatoms. The Morgan fingerprint density at radius 2 is 2.36 bits per heavy atom. The van der Waals surface area contributed by atoms with E-state index in [1.165, 1.54) is 6.07 Å². The van der Waals surface area contributed by atoms with Gasteiger partial charge in [-0.3, -0.25) is 4.99 Å². The van der Waals surface area contributed by atoms with Gasteiger partial charge in [-0.2, -0.15) is 0 Å². The summed E-state index contributed by atoms with van der Waals surface area (Å²) < 4.78 is 13.3. The van der Waals surface area contributed by atoms with Crippen molar-refractivity contribution in [3.8, 4) is 0 Å². The van der Waals surface area contributed by atoms with E-state index in [4.69, 9.17) is 17.3 Å². The van der Waals surface area contributed by atoms with Gasteiger partial charge in [0.05, 0.1) is 10.7 Å². The number of hydrogen-bond donors (Lipinski definition) is 2. The zero-order valence-corrected chi connectivity index (χ0v) is 8.48. The van der Waals surface area contributed by atoms with Gasteiger partial charge in [0, 0.05) is 6.54 Å². The van der Waals surface area contributed by atoms with Crippen molar-refractivity contribution in [2.45, 2.75) is 6.92 Å². The fourth-order valence-corrected chi connectivity index (χ4v) is 1.12. The molecule has 0 atom stereocenters. The van der Waals surface area contributed by atoms with E-state index in [2.05, 4.69) is 10.3 Å². The number of halogens is 2. The van der Waals surface area contributed by atoms with Gasteiger partial charge in [-0.25, -0.2) is 4.39 Å². The predicted octanol–water partition coefficient (Wildman–Crippen LogP) is 2.23. The second-order valence-corrected chi connectivity index (χ2v) is 2.99. The molecule has 1 aromatic carbocycles. The van der Waals surface area contributed by atoms with Crippen molar-refractivity contribution in [2.75, 3.05) is 11.9 Å². The third kappa shape index (κ3) is 2.60. The molecule has 0 amide bonds. The lowest BCUT2D eigenvalue weighted by atomic mass is 10.3. The quantitative estimate of drug-likeness (QED) is 0.587. The molecule has 0 unspecified atom stereocenters. The fourth-order valence-electron chi connectivity index (χ4n) is 0.948. The molecule has 1 rings (SSSR count). The molecule has 76 valence electrons. The molecule has 3 N–H and O–H groups in total. The van der Waals surface area contributed by atoms with Gasteiger partial charge in [0.25, 0.3) is 0 Å². The van der Waals surface area contributed by atoms with Gasteiger partial charge in [-0.05, 0) is 19.1 Å². The highest BCUT2D eigenvalue weighted by Crippen LogP contribution is 2.21. The van der Waals surface area contributed by atoms with Crippen molar-refractivity contribution < 1.29 is 4.39 Å². The molecule has 0 fully saturated rings. The van der Waals surface area contributed by atoms with E-state index in [1.807, 2.05) is 6.92 Å². The summed E-state index contributed by atoms with van der Waals surface area (Å²) in [4.78, 5) is 3.86. The van der Waals surface area contributed by atoms with Crippen LogP contribution in [0.4, 0.5) is 10.1 Å². The van der Waals surface area contributed by atoms with Crippen molar-refractivity contribution in [1.82, 2.24) is 0 Å². The summed E-state index contributed by atoms with van der Waals surface area (Å²) in [6.45, 7) is 2.38. The van der Waals surface area contributed by atoms with E-state index >= 15 is 0 Å². The van der Waals surface area contributed by atoms with Crippen LogP contribution in [0.1, 0.15) is 6.92 Å². The monoisotopic (exact) mass is 215 g/mol. The molecule has 14 heavy (non-hydrogen) atoms. The van der Waals surface area contributed by atoms with Crippen LogP contribution in [0.5, 0.6) is 0 Å². The van der Waals surface area contributed by atoms with Gasteiger partial charge in [0.15, 0.2) is 11.8 Å². The van der Waals surface area contributed by atoms with Crippen molar-refractivity contribution >= 4 is 23.2 Å². The van der Waals surface area contributed by atoms with Crippen molar-refractivity contribution in [2.24, 2.45) is 10.7 Å². The van der Waals surface area contributed by atoms with E-state index in [9.17, 15) is 4.39 Å². The maximum atomic E-state index is 13.3. The summed E-state index contributed by atoms with van der Waals surface area (Å²) >= 11 is 5.58. The second-order valence-electron chi connectivity index (χ2n) is 2.59. The van der Waals surface area contributed by atoms with Gasteiger partial charge in [0.2, 0.25) is 0 Å². The minimum absolute atomic E-state index is 0.0549. The number of benzene rings is 1. The Hall–Kier alpha value is -1.29. The maximum absolute atomic E-state index is 13.3. The zero-order valence-electron chi connectivity index (χ0n) is 7.72.